The first kappa shape index (κ1) is 24.7. The van der Waals surface area contributed by atoms with E-state index in [1.54, 1.807) is 4.90 Å². The number of piperidine rings is 1. The van der Waals surface area contributed by atoms with Crippen LogP contribution in [-0.4, -0.2) is 47.4 Å². The van der Waals surface area contributed by atoms with Gasteiger partial charge in [-0.15, -0.1) is 0 Å². The summed E-state index contributed by atoms with van der Waals surface area (Å²) < 4.78 is 24.0. The van der Waals surface area contributed by atoms with Crippen molar-refractivity contribution in [3.8, 4) is 0 Å². The highest BCUT2D eigenvalue weighted by Crippen LogP contribution is 2.25. The van der Waals surface area contributed by atoms with Crippen molar-refractivity contribution in [2.24, 2.45) is 5.92 Å². The van der Waals surface area contributed by atoms with Crippen LogP contribution >= 0.6 is 0 Å². The first-order chi connectivity index (χ1) is 14.6. The molecule has 0 saturated carbocycles. The Hall–Kier alpha value is -2.61. The standard InChI is InChI=1S/C21H27FN2O5.C2H6/c1-21(2,3)29-20(27)24-8-6-13(7-9-24)17(25)12-23-16-11-19(26)28-18-5-4-14(22)10-15(16)18;1-2/h4-5,10-11,13,17,23,25H,6-9,12H2,1-3H3;1-2H3. The third-order valence-electron chi connectivity index (χ3n) is 4.94. The summed E-state index contributed by atoms with van der Waals surface area (Å²) in [5, 5.41) is 14.0. The lowest BCUT2D eigenvalue weighted by atomic mass is 9.91. The average Bonchev–Trinajstić information content (AvgIpc) is 2.72. The number of rotatable bonds is 4. The van der Waals surface area contributed by atoms with E-state index < -0.39 is 23.1 Å². The summed E-state index contributed by atoms with van der Waals surface area (Å²) in [5.74, 6) is -0.436. The van der Waals surface area contributed by atoms with Crippen LogP contribution < -0.4 is 10.9 Å². The molecule has 1 saturated heterocycles. The topological polar surface area (TPSA) is 92.0 Å². The lowest BCUT2D eigenvalue weighted by molar-refractivity contribution is 0.00943. The smallest absolute Gasteiger partial charge is 0.410 e. The molecule has 1 aromatic carbocycles. The number of aliphatic hydroxyl groups excluding tert-OH is 1. The Morgan fingerprint density at radius 2 is 1.94 bits per heavy atom. The number of amides is 1. The van der Waals surface area contributed by atoms with E-state index in [1.807, 2.05) is 34.6 Å². The molecular formula is C23H33FN2O5. The van der Waals surface area contributed by atoms with Crippen LogP contribution in [-0.2, 0) is 4.74 Å². The maximum absolute atomic E-state index is 13.6. The summed E-state index contributed by atoms with van der Waals surface area (Å²) in [4.78, 5) is 25.5. The van der Waals surface area contributed by atoms with Crippen LogP contribution in [0.15, 0.2) is 33.5 Å². The van der Waals surface area contributed by atoms with Gasteiger partial charge in [0.2, 0.25) is 0 Å². The minimum Gasteiger partial charge on any atom is -0.444 e. The molecule has 1 aliphatic heterocycles. The zero-order chi connectivity index (χ0) is 23.2. The highest BCUT2D eigenvalue weighted by molar-refractivity contribution is 5.89. The summed E-state index contributed by atoms with van der Waals surface area (Å²) >= 11 is 0. The van der Waals surface area contributed by atoms with Crippen LogP contribution in [0.25, 0.3) is 11.0 Å². The lowest BCUT2D eigenvalue weighted by Crippen LogP contribution is -2.44. The molecule has 8 heteroatoms. The molecular weight excluding hydrogens is 403 g/mol. The van der Waals surface area contributed by atoms with E-state index in [9.17, 15) is 19.1 Å². The molecule has 1 aromatic heterocycles. The van der Waals surface area contributed by atoms with E-state index in [1.165, 1.54) is 24.3 Å². The Kier molecular flexibility index (Phi) is 8.44. The van der Waals surface area contributed by atoms with Crippen LogP contribution in [0, 0.1) is 11.7 Å². The average molecular weight is 437 g/mol. The van der Waals surface area contributed by atoms with Crippen molar-refractivity contribution in [1.82, 2.24) is 4.90 Å². The van der Waals surface area contributed by atoms with Crippen LogP contribution in [0.4, 0.5) is 14.9 Å². The normalized spacial score (nSPS) is 15.8. The highest BCUT2D eigenvalue weighted by atomic mass is 19.1. The first-order valence-electron chi connectivity index (χ1n) is 10.8. The molecule has 0 aliphatic carbocycles. The third-order valence-corrected chi connectivity index (χ3v) is 4.94. The maximum Gasteiger partial charge on any atom is 0.410 e. The van der Waals surface area contributed by atoms with E-state index >= 15 is 0 Å². The zero-order valence-corrected chi connectivity index (χ0v) is 18.9. The Morgan fingerprint density at radius 1 is 1.29 bits per heavy atom. The second-order valence-electron chi connectivity index (χ2n) is 8.37. The van der Waals surface area contributed by atoms with Gasteiger partial charge in [0.05, 0.1) is 11.8 Å². The van der Waals surface area contributed by atoms with Gasteiger partial charge in [0.25, 0.3) is 0 Å². The summed E-state index contributed by atoms with van der Waals surface area (Å²) in [6, 6.07) is 5.16. The SMILES string of the molecule is CC.CC(C)(C)OC(=O)N1CCC(C(O)CNc2cc(=O)oc3ccc(F)cc23)CC1. The number of aliphatic hydroxyl groups is 1. The molecule has 1 aliphatic rings. The van der Waals surface area contributed by atoms with Crippen molar-refractivity contribution in [2.45, 2.75) is 59.2 Å². The molecule has 1 amide bonds. The summed E-state index contributed by atoms with van der Waals surface area (Å²) in [6.07, 6.45) is 0.280. The number of carbonyl (C=O) groups excluding carboxylic acids is 1. The van der Waals surface area contributed by atoms with Crippen molar-refractivity contribution in [3.05, 3.63) is 40.5 Å². The van der Waals surface area contributed by atoms with Gasteiger partial charge in [-0.05, 0) is 57.7 Å². The fraction of sp³-hybridized carbons (Fsp3) is 0.565. The predicted molar refractivity (Wildman–Crippen MR) is 119 cm³/mol. The molecule has 0 spiro atoms. The molecule has 7 nitrogen and oxygen atoms in total. The number of anilines is 1. The number of hydrogen-bond donors (Lipinski definition) is 2. The number of ether oxygens (including phenoxy) is 1. The van der Waals surface area contributed by atoms with Gasteiger partial charge in [-0.2, -0.15) is 0 Å². The van der Waals surface area contributed by atoms with Crippen molar-refractivity contribution in [2.75, 3.05) is 25.0 Å². The molecule has 31 heavy (non-hydrogen) atoms. The molecule has 3 rings (SSSR count). The second-order valence-corrected chi connectivity index (χ2v) is 8.37. The fourth-order valence-electron chi connectivity index (χ4n) is 3.46. The largest absolute Gasteiger partial charge is 0.444 e. The van der Waals surface area contributed by atoms with Gasteiger partial charge >= 0.3 is 11.7 Å². The number of hydrogen-bond acceptors (Lipinski definition) is 6. The molecule has 0 radical (unpaired) electrons. The second kappa shape index (κ2) is 10.6. The molecule has 0 bridgehead atoms. The lowest BCUT2D eigenvalue weighted by Gasteiger charge is -2.35. The van der Waals surface area contributed by atoms with Gasteiger partial charge in [0, 0.05) is 31.1 Å². The van der Waals surface area contributed by atoms with E-state index in [0.29, 0.717) is 37.0 Å². The number of nitrogens with zero attached hydrogens (tertiary/aromatic N) is 1. The molecule has 1 fully saturated rings. The van der Waals surface area contributed by atoms with Crippen LogP contribution in [0.3, 0.4) is 0 Å². The molecule has 2 aromatic rings. The predicted octanol–water partition coefficient (Wildman–Crippen LogP) is 4.38. The number of nitrogens with one attached hydrogen (secondary N) is 1. The van der Waals surface area contributed by atoms with Crippen molar-refractivity contribution in [1.29, 1.82) is 0 Å². The Morgan fingerprint density at radius 3 is 2.55 bits per heavy atom. The van der Waals surface area contributed by atoms with E-state index in [2.05, 4.69) is 5.32 Å². The summed E-state index contributed by atoms with van der Waals surface area (Å²) in [7, 11) is 0. The van der Waals surface area contributed by atoms with Crippen molar-refractivity contribution >= 4 is 22.7 Å². The number of fused-ring (bicyclic) bond motifs is 1. The molecule has 172 valence electrons. The quantitative estimate of drug-likeness (QED) is 0.691. The Bertz CT molecular complexity index is 930. The van der Waals surface area contributed by atoms with Gasteiger partial charge in [-0.3, -0.25) is 0 Å². The number of halogens is 1. The molecule has 1 unspecified atom stereocenters. The van der Waals surface area contributed by atoms with Gasteiger partial charge < -0.3 is 24.5 Å². The van der Waals surface area contributed by atoms with E-state index in [4.69, 9.17) is 9.15 Å². The van der Waals surface area contributed by atoms with Gasteiger partial charge in [0.1, 0.15) is 17.0 Å². The number of benzene rings is 1. The third kappa shape index (κ3) is 6.95. The van der Waals surface area contributed by atoms with Gasteiger partial charge in [-0.1, -0.05) is 13.8 Å². The summed E-state index contributed by atoms with van der Waals surface area (Å²) in [5.41, 5.74) is -0.392. The van der Waals surface area contributed by atoms with Crippen molar-refractivity contribution < 1.29 is 23.4 Å². The van der Waals surface area contributed by atoms with E-state index in [0.717, 1.165) is 0 Å². The monoisotopic (exact) mass is 436 g/mol. The van der Waals surface area contributed by atoms with Crippen LogP contribution in [0.5, 0.6) is 0 Å². The van der Waals surface area contributed by atoms with Crippen LogP contribution in [0.2, 0.25) is 0 Å². The molecule has 2 heterocycles. The van der Waals surface area contributed by atoms with E-state index in [-0.39, 0.29) is 24.1 Å². The minimum absolute atomic E-state index is 0.00399. The molecule has 1 atom stereocenters. The van der Waals surface area contributed by atoms with Crippen molar-refractivity contribution in [3.63, 3.8) is 0 Å². The summed E-state index contributed by atoms with van der Waals surface area (Å²) in [6.45, 7) is 10.7. The zero-order valence-electron chi connectivity index (χ0n) is 18.9. The fourth-order valence-corrected chi connectivity index (χ4v) is 3.46. The first-order valence-corrected chi connectivity index (χ1v) is 10.8. The van der Waals surface area contributed by atoms with Gasteiger partial charge in [-0.25, -0.2) is 14.0 Å². The number of carbonyl (C=O) groups is 1. The molecule has 2 N–H and O–H groups in total. The number of likely N-dealkylation sites (tertiary alicyclic amines) is 1. The Balaban J connectivity index is 0.00000166. The van der Waals surface area contributed by atoms with Crippen LogP contribution in [0.1, 0.15) is 47.5 Å². The maximum atomic E-state index is 13.6. The van der Waals surface area contributed by atoms with Gasteiger partial charge in [0.15, 0.2) is 0 Å². The highest BCUT2D eigenvalue weighted by Gasteiger charge is 2.30. The minimum atomic E-state index is -0.674. The Labute approximate surface area is 182 Å².